The van der Waals surface area contributed by atoms with Crippen molar-refractivity contribution in [1.29, 1.82) is 0 Å². The van der Waals surface area contributed by atoms with Crippen molar-refractivity contribution in [3.63, 3.8) is 0 Å². The maximum Gasteiger partial charge on any atom is 0.275 e. The molecule has 0 bridgehead atoms. The Kier molecular flexibility index (Phi) is 10.2. The van der Waals surface area contributed by atoms with Gasteiger partial charge >= 0.3 is 0 Å². The van der Waals surface area contributed by atoms with Gasteiger partial charge in [0.25, 0.3) is 5.69 Å². The van der Waals surface area contributed by atoms with Crippen LogP contribution < -0.4 is 4.90 Å². The number of ketones is 1. The average molecular weight is 572 g/mol. The smallest absolute Gasteiger partial charge is 0.275 e. The number of benzene rings is 1. The number of aromatic nitrogens is 2. The van der Waals surface area contributed by atoms with Crippen molar-refractivity contribution in [3.8, 4) is 0 Å². The zero-order valence-corrected chi connectivity index (χ0v) is 23.5. The number of alkyl halides is 2. The third-order valence-electron chi connectivity index (χ3n) is 5.24. The zero-order chi connectivity index (χ0) is 26.3. The Morgan fingerprint density at radius 1 is 1.17 bits per heavy atom. The number of Topliss-reactive ketones (excluding diaryl/α,β-unsaturated/α-hetero) is 1. The lowest BCUT2D eigenvalue weighted by atomic mass is 9.94. The second-order valence-electron chi connectivity index (χ2n) is 9.06. The molecule has 2 aromatic heterocycles. The number of hydrogen-bond acceptors (Lipinski definition) is 9. The number of carbonyl (C=O) groups is 1. The van der Waals surface area contributed by atoms with Crippen LogP contribution in [0.15, 0.2) is 39.2 Å². The number of anilines is 1. The molecule has 8 nitrogen and oxygen atoms in total. The number of nitro groups is 1. The quantitative estimate of drug-likeness (QED) is 0.102. The Labute approximate surface area is 228 Å². The fourth-order valence-electron chi connectivity index (χ4n) is 3.38. The zero-order valence-electron chi connectivity index (χ0n) is 20.3. The topological polar surface area (TPSA) is 102 Å². The van der Waals surface area contributed by atoms with E-state index < -0.39 is 4.92 Å². The summed E-state index contributed by atoms with van der Waals surface area (Å²) >= 11 is 14.7. The van der Waals surface area contributed by atoms with Crippen LogP contribution in [0, 0.1) is 10.1 Å². The van der Waals surface area contributed by atoms with Crippen LogP contribution in [-0.4, -0.2) is 45.5 Å². The minimum Gasteiger partial charge on any atom is -0.444 e. The van der Waals surface area contributed by atoms with Crippen molar-refractivity contribution in [2.75, 3.05) is 29.7 Å². The molecule has 0 saturated carbocycles. The normalized spacial score (nSPS) is 11.6. The van der Waals surface area contributed by atoms with Gasteiger partial charge in [0.15, 0.2) is 0 Å². The van der Waals surface area contributed by atoms with Gasteiger partial charge < -0.3 is 9.32 Å². The lowest BCUT2D eigenvalue weighted by Gasteiger charge is -2.23. The number of nitrogens with zero attached hydrogens (tertiary/aromatic N) is 4. The van der Waals surface area contributed by atoms with Crippen LogP contribution in [0.2, 0.25) is 0 Å². The minimum atomic E-state index is -0.461. The Balaban J connectivity index is 1.61. The van der Waals surface area contributed by atoms with Gasteiger partial charge in [0.1, 0.15) is 16.6 Å². The molecule has 1 aromatic carbocycles. The maximum atomic E-state index is 12.7. The van der Waals surface area contributed by atoms with E-state index in [9.17, 15) is 14.9 Å². The Morgan fingerprint density at radius 3 is 2.50 bits per heavy atom. The molecule has 0 N–H and O–H groups in total. The Hall–Kier alpha value is -2.14. The highest BCUT2D eigenvalue weighted by Crippen LogP contribution is 2.31. The molecular formula is C24H28Cl2N4O4S2. The van der Waals surface area contributed by atoms with E-state index in [4.69, 9.17) is 27.6 Å². The third kappa shape index (κ3) is 7.93. The SMILES string of the molecule is CC(C)(C)c1cnc(CSc2cnc(CC(=O)Cc3ccc(N(CCCl)CCCl)cc3[N+](=O)[O-])s2)o1. The maximum absolute atomic E-state index is 12.7. The first kappa shape index (κ1) is 28.4. The molecule has 0 atom stereocenters. The van der Waals surface area contributed by atoms with E-state index in [2.05, 4.69) is 30.7 Å². The van der Waals surface area contributed by atoms with E-state index >= 15 is 0 Å². The first-order valence-electron chi connectivity index (χ1n) is 11.3. The second kappa shape index (κ2) is 12.9. The summed E-state index contributed by atoms with van der Waals surface area (Å²) in [6.07, 6.45) is 3.55. The van der Waals surface area contributed by atoms with Gasteiger partial charge in [-0.2, -0.15) is 0 Å². The van der Waals surface area contributed by atoms with Crippen molar-refractivity contribution in [3.05, 3.63) is 62.9 Å². The number of thiazole rings is 1. The molecule has 0 radical (unpaired) electrons. The Bertz CT molecular complexity index is 1190. The molecule has 2 heterocycles. The monoisotopic (exact) mass is 570 g/mol. The summed E-state index contributed by atoms with van der Waals surface area (Å²) < 4.78 is 6.76. The summed E-state index contributed by atoms with van der Waals surface area (Å²) in [5, 5.41) is 12.4. The highest BCUT2D eigenvalue weighted by molar-refractivity contribution is 8.00. The van der Waals surface area contributed by atoms with Gasteiger partial charge in [-0.1, -0.05) is 20.8 Å². The van der Waals surface area contributed by atoms with Crippen molar-refractivity contribution in [2.45, 2.75) is 49.0 Å². The summed E-state index contributed by atoms with van der Waals surface area (Å²) in [4.78, 5) is 34.5. The molecule has 0 amide bonds. The summed E-state index contributed by atoms with van der Waals surface area (Å²) in [5.41, 5.74) is 0.833. The van der Waals surface area contributed by atoms with Gasteiger partial charge in [-0.05, 0) is 12.1 Å². The van der Waals surface area contributed by atoms with E-state index in [1.807, 2.05) is 4.90 Å². The van der Waals surface area contributed by atoms with E-state index in [1.165, 1.54) is 17.4 Å². The molecule has 194 valence electrons. The predicted octanol–water partition coefficient (Wildman–Crippen LogP) is 6.27. The van der Waals surface area contributed by atoms with Crippen LogP contribution in [0.25, 0.3) is 0 Å². The van der Waals surface area contributed by atoms with Crippen molar-refractivity contribution in [2.24, 2.45) is 0 Å². The van der Waals surface area contributed by atoms with Crippen molar-refractivity contribution < 1.29 is 14.1 Å². The van der Waals surface area contributed by atoms with E-state index in [0.29, 0.717) is 52.8 Å². The van der Waals surface area contributed by atoms with Crippen LogP contribution in [0.5, 0.6) is 0 Å². The van der Waals surface area contributed by atoms with Crippen LogP contribution in [-0.2, 0) is 28.8 Å². The van der Waals surface area contributed by atoms with Crippen LogP contribution in [0.4, 0.5) is 11.4 Å². The van der Waals surface area contributed by atoms with Crippen molar-refractivity contribution in [1.82, 2.24) is 9.97 Å². The molecule has 0 aliphatic rings. The van der Waals surface area contributed by atoms with Crippen LogP contribution >= 0.6 is 46.3 Å². The second-order valence-corrected chi connectivity index (χ2v) is 12.2. The molecule has 0 aliphatic heterocycles. The largest absolute Gasteiger partial charge is 0.444 e. The first-order valence-corrected chi connectivity index (χ1v) is 14.2. The van der Waals surface area contributed by atoms with Gasteiger partial charge in [0.2, 0.25) is 5.89 Å². The number of thioether (sulfide) groups is 1. The molecule has 0 aliphatic carbocycles. The summed E-state index contributed by atoms with van der Waals surface area (Å²) in [5.74, 6) is 2.64. The number of hydrogen-bond donors (Lipinski definition) is 0. The fraction of sp³-hybridized carbons (Fsp3) is 0.458. The average Bonchev–Trinajstić information content (AvgIpc) is 3.47. The molecular weight excluding hydrogens is 543 g/mol. The molecule has 0 unspecified atom stereocenters. The first-order chi connectivity index (χ1) is 17.1. The molecule has 0 fully saturated rings. The highest BCUT2D eigenvalue weighted by atomic mass is 35.5. The lowest BCUT2D eigenvalue weighted by Crippen LogP contribution is -2.27. The summed E-state index contributed by atoms with van der Waals surface area (Å²) in [6.45, 7) is 7.23. The van der Waals surface area contributed by atoms with E-state index in [1.54, 1.807) is 36.3 Å². The van der Waals surface area contributed by atoms with Gasteiger partial charge in [0, 0.05) is 54.0 Å². The summed E-state index contributed by atoms with van der Waals surface area (Å²) in [6, 6.07) is 4.88. The molecule has 3 rings (SSSR count). The lowest BCUT2D eigenvalue weighted by molar-refractivity contribution is -0.385. The summed E-state index contributed by atoms with van der Waals surface area (Å²) in [7, 11) is 0. The van der Waals surface area contributed by atoms with E-state index in [0.717, 1.165) is 9.97 Å². The number of halogens is 2. The van der Waals surface area contributed by atoms with Gasteiger partial charge in [-0.25, -0.2) is 9.97 Å². The molecule has 12 heteroatoms. The molecule has 3 aromatic rings. The van der Waals surface area contributed by atoms with Gasteiger partial charge in [0.05, 0.1) is 33.7 Å². The minimum absolute atomic E-state index is 0.0461. The van der Waals surface area contributed by atoms with Gasteiger partial charge in [-0.3, -0.25) is 14.9 Å². The number of rotatable bonds is 13. The predicted molar refractivity (Wildman–Crippen MR) is 146 cm³/mol. The number of oxazole rings is 1. The Morgan fingerprint density at radius 2 is 1.89 bits per heavy atom. The highest BCUT2D eigenvalue weighted by Gasteiger charge is 2.21. The molecule has 0 saturated heterocycles. The standard InChI is InChI=1S/C24H28Cl2N4O4S2/c1-24(2,3)20-13-27-21(34-20)15-35-23-14-28-22(36-23)12-18(31)10-16-4-5-17(11-19(16)30(32)33)29(8-6-25)9-7-26/h4-5,11,13-14H,6-10,12,15H2,1-3H3. The van der Waals surface area contributed by atoms with Crippen molar-refractivity contribution >= 4 is 63.5 Å². The van der Waals surface area contributed by atoms with Gasteiger partial charge in [-0.15, -0.1) is 46.3 Å². The molecule has 0 spiro atoms. The van der Waals surface area contributed by atoms with Crippen LogP contribution in [0.1, 0.15) is 43.0 Å². The number of nitro benzene ring substituents is 1. The van der Waals surface area contributed by atoms with Crippen LogP contribution in [0.3, 0.4) is 0 Å². The molecule has 36 heavy (non-hydrogen) atoms. The number of carbonyl (C=O) groups excluding carboxylic acids is 1. The third-order valence-corrected chi connectivity index (χ3v) is 7.75. The van der Waals surface area contributed by atoms with E-state index in [-0.39, 0.29) is 29.7 Å². The fourth-order valence-corrected chi connectivity index (χ4v) is 5.70.